The lowest BCUT2D eigenvalue weighted by Gasteiger charge is -2.12. The lowest BCUT2D eigenvalue weighted by atomic mass is 10.1. The minimum absolute atomic E-state index is 0.286. The fourth-order valence-corrected chi connectivity index (χ4v) is 2.25. The van der Waals surface area contributed by atoms with Gasteiger partial charge in [0.2, 0.25) is 0 Å². The van der Waals surface area contributed by atoms with Gasteiger partial charge < -0.3 is 14.8 Å². The molecule has 3 nitrogen and oxygen atoms in total. The number of ether oxygens (including phenoxy) is 2. The van der Waals surface area contributed by atoms with E-state index < -0.39 is 0 Å². The number of para-hydroxylation sites is 1. The summed E-state index contributed by atoms with van der Waals surface area (Å²) < 4.78 is 11.4. The van der Waals surface area contributed by atoms with Gasteiger partial charge >= 0.3 is 0 Å². The van der Waals surface area contributed by atoms with E-state index >= 15 is 0 Å². The summed E-state index contributed by atoms with van der Waals surface area (Å²) in [4.78, 5) is 0. The molecular formula is C16H25NO2. The molecule has 0 saturated carbocycles. The largest absolute Gasteiger partial charge is 0.488 e. The number of nitrogens with one attached hydrogen (secondary N) is 1. The fraction of sp³-hybridized carbons (Fsp3) is 0.625. The van der Waals surface area contributed by atoms with Crippen molar-refractivity contribution in [2.24, 2.45) is 5.92 Å². The van der Waals surface area contributed by atoms with Crippen molar-refractivity contribution in [2.75, 3.05) is 26.3 Å². The molecule has 1 aromatic rings. The van der Waals surface area contributed by atoms with Gasteiger partial charge in [-0.25, -0.2) is 0 Å². The Morgan fingerprint density at radius 3 is 3.00 bits per heavy atom. The summed E-state index contributed by atoms with van der Waals surface area (Å²) in [6.07, 6.45) is 2.37. The number of benzene rings is 1. The molecule has 1 unspecified atom stereocenters. The topological polar surface area (TPSA) is 30.5 Å². The summed E-state index contributed by atoms with van der Waals surface area (Å²) in [7, 11) is 0. The van der Waals surface area contributed by atoms with E-state index in [4.69, 9.17) is 9.47 Å². The van der Waals surface area contributed by atoms with Gasteiger partial charge in [0.15, 0.2) is 0 Å². The Morgan fingerprint density at radius 1 is 1.37 bits per heavy atom. The van der Waals surface area contributed by atoms with E-state index in [0.29, 0.717) is 5.92 Å². The monoisotopic (exact) mass is 263 g/mol. The molecule has 0 bridgehead atoms. The van der Waals surface area contributed by atoms with E-state index in [2.05, 4.69) is 37.4 Å². The quantitative estimate of drug-likeness (QED) is 0.731. The van der Waals surface area contributed by atoms with Gasteiger partial charge in [0.05, 0.1) is 0 Å². The minimum atomic E-state index is 0.286. The van der Waals surface area contributed by atoms with Crippen molar-refractivity contribution in [3.63, 3.8) is 0 Å². The van der Waals surface area contributed by atoms with Crippen LogP contribution in [-0.2, 0) is 11.2 Å². The van der Waals surface area contributed by atoms with Crippen LogP contribution < -0.4 is 10.1 Å². The van der Waals surface area contributed by atoms with Gasteiger partial charge in [-0.3, -0.25) is 0 Å². The lowest BCUT2D eigenvalue weighted by molar-refractivity contribution is 0.107. The molecule has 0 fully saturated rings. The normalized spacial score (nSPS) is 17.5. The summed E-state index contributed by atoms with van der Waals surface area (Å²) in [5.74, 6) is 1.67. The average Bonchev–Trinajstić information content (AvgIpc) is 2.79. The van der Waals surface area contributed by atoms with Crippen molar-refractivity contribution >= 4 is 0 Å². The maximum atomic E-state index is 5.87. The first-order valence-corrected chi connectivity index (χ1v) is 7.28. The summed E-state index contributed by atoms with van der Waals surface area (Å²) in [6.45, 7) is 7.96. The highest BCUT2D eigenvalue weighted by atomic mass is 16.5. The van der Waals surface area contributed by atoms with Crippen molar-refractivity contribution in [3.05, 3.63) is 29.8 Å². The van der Waals surface area contributed by atoms with E-state index in [9.17, 15) is 0 Å². The zero-order valence-corrected chi connectivity index (χ0v) is 12.0. The molecule has 0 radical (unpaired) electrons. The molecular weight excluding hydrogens is 238 g/mol. The first kappa shape index (κ1) is 14.4. The number of fused-ring (bicyclic) bond motifs is 1. The maximum absolute atomic E-state index is 5.87. The molecule has 1 heterocycles. The molecule has 1 aliphatic heterocycles. The van der Waals surface area contributed by atoms with E-state index in [1.165, 1.54) is 5.56 Å². The van der Waals surface area contributed by atoms with E-state index in [-0.39, 0.29) is 6.10 Å². The van der Waals surface area contributed by atoms with Crippen LogP contribution in [-0.4, -0.2) is 32.4 Å². The highest BCUT2D eigenvalue weighted by Crippen LogP contribution is 2.27. The molecule has 2 rings (SSSR count). The first-order chi connectivity index (χ1) is 9.25. The highest BCUT2D eigenvalue weighted by molar-refractivity contribution is 5.37. The molecule has 1 aromatic carbocycles. The molecule has 0 aliphatic carbocycles. The second-order valence-corrected chi connectivity index (χ2v) is 5.58. The Bertz CT molecular complexity index is 354. The van der Waals surface area contributed by atoms with Crippen LogP contribution in [0.15, 0.2) is 24.3 Å². The van der Waals surface area contributed by atoms with Gasteiger partial charge in [-0.05, 0) is 30.5 Å². The fourth-order valence-electron chi connectivity index (χ4n) is 2.25. The summed E-state index contributed by atoms with van der Waals surface area (Å²) in [6, 6.07) is 8.30. The van der Waals surface area contributed by atoms with Crippen molar-refractivity contribution in [1.29, 1.82) is 0 Å². The van der Waals surface area contributed by atoms with Crippen LogP contribution in [0.2, 0.25) is 0 Å². The Kier molecular flexibility index (Phi) is 5.67. The third kappa shape index (κ3) is 4.84. The maximum Gasteiger partial charge on any atom is 0.123 e. The second kappa shape index (κ2) is 7.51. The van der Waals surface area contributed by atoms with Gasteiger partial charge in [-0.2, -0.15) is 0 Å². The van der Waals surface area contributed by atoms with Gasteiger partial charge in [0.25, 0.3) is 0 Å². The summed E-state index contributed by atoms with van der Waals surface area (Å²) >= 11 is 0. The predicted molar refractivity (Wildman–Crippen MR) is 77.7 cm³/mol. The predicted octanol–water partition coefficient (Wildman–Crippen LogP) is 2.64. The highest BCUT2D eigenvalue weighted by Gasteiger charge is 2.21. The van der Waals surface area contributed by atoms with Gasteiger partial charge in [-0.15, -0.1) is 0 Å². The second-order valence-electron chi connectivity index (χ2n) is 5.58. The minimum Gasteiger partial charge on any atom is -0.488 e. The molecule has 106 valence electrons. The van der Waals surface area contributed by atoms with Crippen molar-refractivity contribution in [1.82, 2.24) is 5.32 Å². The number of hydrogen-bond donors (Lipinski definition) is 1. The smallest absolute Gasteiger partial charge is 0.123 e. The molecule has 0 amide bonds. The van der Waals surface area contributed by atoms with E-state index in [1.54, 1.807) is 0 Å². The lowest BCUT2D eigenvalue weighted by Crippen LogP contribution is -2.31. The van der Waals surface area contributed by atoms with Gasteiger partial charge in [0.1, 0.15) is 11.9 Å². The van der Waals surface area contributed by atoms with Crippen molar-refractivity contribution in [2.45, 2.75) is 32.8 Å². The van der Waals surface area contributed by atoms with Crippen LogP contribution in [0.1, 0.15) is 25.8 Å². The van der Waals surface area contributed by atoms with Crippen LogP contribution in [0.3, 0.4) is 0 Å². The molecule has 1 atom stereocenters. The van der Waals surface area contributed by atoms with Crippen molar-refractivity contribution in [3.8, 4) is 5.75 Å². The Labute approximate surface area is 116 Å². The third-order valence-corrected chi connectivity index (χ3v) is 3.18. The average molecular weight is 263 g/mol. The van der Waals surface area contributed by atoms with E-state index in [0.717, 1.165) is 44.9 Å². The molecule has 0 saturated heterocycles. The molecule has 0 spiro atoms. The van der Waals surface area contributed by atoms with Crippen LogP contribution >= 0.6 is 0 Å². The molecule has 1 N–H and O–H groups in total. The third-order valence-electron chi connectivity index (χ3n) is 3.18. The SMILES string of the molecule is CC(C)COCCCNCC1Cc2ccccc2O1. The zero-order chi connectivity index (χ0) is 13.5. The standard InChI is InChI=1S/C16H25NO2/c1-13(2)12-18-9-5-8-17-11-15-10-14-6-3-4-7-16(14)19-15/h3-4,6-7,13,15,17H,5,8-12H2,1-2H3. The van der Waals surface area contributed by atoms with Crippen LogP contribution in [0, 0.1) is 5.92 Å². The zero-order valence-electron chi connectivity index (χ0n) is 12.0. The van der Waals surface area contributed by atoms with Crippen LogP contribution in [0.4, 0.5) is 0 Å². The summed E-state index contributed by atoms with van der Waals surface area (Å²) in [5, 5.41) is 3.45. The van der Waals surface area contributed by atoms with Gasteiger partial charge in [0, 0.05) is 26.2 Å². The van der Waals surface area contributed by atoms with Crippen LogP contribution in [0.25, 0.3) is 0 Å². The number of hydrogen-bond acceptors (Lipinski definition) is 3. The number of rotatable bonds is 8. The molecule has 1 aliphatic rings. The van der Waals surface area contributed by atoms with E-state index in [1.807, 2.05) is 6.07 Å². The Balaban J connectivity index is 1.52. The van der Waals surface area contributed by atoms with Gasteiger partial charge in [-0.1, -0.05) is 32.0 Å². The van der Waals surface area contributed by atoms with Crippen molar-refractivity contribution < 1.29 is 9.47 Å². The Morgan fingerprint density at radius 2 is 2.21 bits per heavy atom. The van der Waals surface area contributed by atoms with Crippen LogP contribution in [0.5, 0.6) is 5.75 Å². The molecule has 3 heteroatoms. The Hall–Kier alpha value is -1.06. The molecule has 0 aromatic heterocycles. The molecule has 19 heavy (non-hydrogen) atoms. The first-order valence-electron chi connectivity index (χ1n) is 7.28. The summed E-state index contributed by atoms with van der Waals surface area (Å²) in [5.41, 5.74) is 1.33.